The summed E-state index contributed by atoms with van der Waals surface area (Å²) in [4.78, 5) is 31.4. The lowest BCUT2D eigenvalue weighted by molar-refractivity contribution is -0.159. The number of carbonyl (C=O) groups excluding carboxylic acids is 2. The molecule has 6 nitrogen and oxygen atoms in total. The van der Waals surface area contributed by atoms with E-state index in [-0.39, 0.29) is 17.8 Å². The van der Waals surface area contributed by atoms with Crippen LogP contribution in [-0.2, 0) is 27.4 Å². The normalized spacial score (nSPS) is 20.0. The average Bonchev–Trinajstić information content (AvgIpc) is 3.04. The van der Waals surface area contributed by atoms with E-state index in [1.54, 1.807) is 24.3 Å². The van der Waals surface area contributed by atoms with Crippen molar-refractivity contribution in [1.82, 2.24) is 14.5 Å². The third-order valence-electron chi connectivity index (χ3n) is 5.00. The first-order valence-electron chi connectivity index (χ1n) is 8.65. The van der Waals surface area contributed by atoms with Crippen LogP contribution in [-0.4, -0.2) is 39.5 Å². The minimum atomic E-state index is -0.635. The van der Waals surface area contributed by atoms with Gasteiger partial charge in [-0.15, -0.1) is 0 Å². The lowest BCUT2D eigenvalue weighted by Crippen LogP contribution is -2.46. The predicted octanol–water partition coefficient (Wildman–Crippen LogP) is 1.98. The number of esters is 1. The molecule has 1 aliphatic heterocycles. The molecule has 2 aliphatic rings. The van der Waals surface area contributed by atoms with E-state index in [4.69, 9.17) is 4.74 Å². The SMILES string of the molecule is CCOC(=O)[C@H](C(=O)N1CCn2cncc2C1)C1CCCCC1. The Kier molecular flexibility index (Phi) is 4.98. The van der Waals surface area contributed by atoms with Crippen molar-refractivity contribution in [3.63, 3.8) is 0 Å². The third kappa shape index (κ3) is 3.41. The molecule has 23 heavy (non-hydrogen) atoms. The van der Waals surface area contributed by atoms with E-state index in [1.807, 2.05) is 0 Å². The zero-order valence-corrected chi connectivity index (χ0v) is 13.7. The van der Waals surface area contributed by atoms with Crippen molar-refractivity contribution >= 4 is 11.9 Å². The standard InChI is InChI=1S/C17H25N3O3/c1-2-23-17(22)15(13-6-4-3-5-7-13)16(21)19-8-9-20-12-18-10-14(20)11-19/h10,12-13,15H,2-9,11H2,1H3/t15-/m0/s1. The number of aromatic nitrogens is 2. The lowest BCUT2D eigenvalue weighted by atomic mass is 9.79. The molecular weight excluding hydrogens is 294 g/mol. The largest absolute Gasteiger partial charge is 0.465 e. The Bertz CT molecular complexity index is 563. The molecule has 1 fully saturated rings. The Balaban J connectivity index is 1.75. The molecule has 2 heterocycles. The monoisotopic (exact) mass is 319 g/mol. The molecule has 0 radical (unpaired) electrons. The number of hydrogen-bond acceptors (Lipinski definition) is 4. The zero-order chi connectivity index (χ0) is 16.2. The summed E-state index contributed by atoms with van der Waals surface area (Å²) in [5, 5.41) is 0. The molecule has 0 saturated heterocycles. The molecule has 1 atom stereocenters. The summed E-state index contributed by atoms with van der Waals surface area (Å²) in [7, 11) is 0. The second kappa shape index (κ2) is 7.15. The second-order valence-corrected chi connectivity index (χ2v) is 6.47. The summed E-state index contributed by atoms with van der Waals surface area (Å²) in [5.41, 5.74) is 1.02. The van der Waals surface area contributed by atoms with Gasteiger partial charge in [0.05, 0.1) is 25.2 Å². The van der Waals surface area contributed by atoms with Crippen molar-refractivity contribution in [3.8, 4) is 0 Å². The van der Waals surface area contributed by atoms with Crippen molar-refractivity contribution in [1.29, 1.82) is 0 Å². The van der Waals surface area contributed by atoms with Crippen LogP contribution in [0.4, 0.5) is 0 Å². The van der Waals surface area contributed by atoms with Crippen molar-refractivity contribution in [3.05, 3.63) is 18.2 Å². The summed E-state index contributed by atoms with van der Waals surface area (Å²) in [5.74, 6) is -0.918. The van der Waals surface area contributed by atoms with Crippen LogP contribution in [0.1, 0.15) is 44.7 Å². The van der Waals surface area contributed by atoms with Gasteiger partial charge in [0.2, 0.25) is 5.91 Å². The van der Waals surface area contributed by atoms with Gasteiger partial charge in [-0.1, -0.05) is 19.3 Å². The van der Waals surface area contributed by atoms with Crippen LogP contribution < -0.4 is 0 Å². The minimum Gasteiger partial charge on any atom is -0.465 e. The molecule has 1 aromatic heterocycles. The molecule has 6 heteroatoms. The van der Waals surface area contributed by atoms with Gasteiger partial charge < -0.3 is 14.2 Å². The first-order valence-corrected chi connectivity index (χ1v) is 8.65. The molecule has 1 amide bonds. The smallest absolute Gasteiger partial charge is 0.318 e. The van der Waals surface area contributed by atoms with Gasteiger partial charge in [-0.05, 0) is 25.7 Å². The van der Waals surface area contributed by atoms with E-state index in [2.05, 4.69) is 9.55 Å². The summed E-state index contributed by atoms with van der Waals surface area (Å²) in [6.07, 6.45) is 8.87. The molecule has 1 aromatic rings. The van der Waals surface area contributed by atoms with Gasteiger partial charge in [-0.2, -0.15) is 0 Å². The highest BCUT2D eigenvalue weighted by molar-refractivity contribution is 5.98. The fourth-order valence-electron chi connectivity index (χ4n) is 3.76. The van der Waals surface area contributed by atoms with Crippen molar-refractivity contribution < 1.29 is 14.3 Å². The molecule has 3 rings (SSSR count). The third-order valence-corrected chi connectivity index (χ3v) is 5.00. The zero-order valence-electron chi connectivity index (χ0n) is 13.7. The van der Waals surface area contributed by atoms with Crippen LogP contribution in [0.15, 0.2) is 12.5 Å². The van der Waals surface area contributed by atoms with Crippen LogP contribution in [0.5, 0.6) is 0 Å². The van der Waals surface area contributed by atoms with Crippen molar-refractivity contribution in [2.45, 2.75) is 52.1 Å². The quantitative estimate of drug-likeness (QED) is 0.629. The van der Waals surface area contributed by atoms with E-state index in [0.717, 1.165) is 37.9 Å². The maximum absolute atomic E-state index is 13.0. The van der Waals surface area contributed by atoms with Crippen LogP contribution in [0, 0.1) is 11.8 Å². The Morgan fingerprint density at radius 3 is 2.83 bits per heavy atom. The number of fused-ring (bicyclic) bond motifs is 1. The molecule has 0 unspecified atom stereocenters. The van der Waals surface area contributed by atoms with E-state index >= 15 is 0 Å². The lowest BCUT2D eigenvalue weighted by Gasteiger charge is -2.34. The van der Waals surface area contributed by atoms with Gasteiger partial charge in [0.15, 0.2) is 0 Å². The van der Waals surface area contributed by atoms with E-state index in [1.165, 1.54) is 6.42 Å². The van der Waals surface area contributed by atoms with Gasteiger partial charge in [0.1, 0.15) is 5.92 Å². The van der Waals surface area contributed by atoms with Gasteiger partial charge in [-0.25, -0.2) is 4.98 Å². The second-order valence-electron chi connectivity index (χ2n) is 6.47. The van der Waals surface area contributed by atoms with Crippen LogP contribution in [0.25, 0.3) is 0 Å². The first-order chi connectivity index (χ1) is 11.2. The highest BCUT2D eigenvalue weighted by Crippen LogP contribution is 2.32. The van der Waals surface area contributed by atoms with Crippen molar-refractivity contribution in [2.24, 2.45) is 11.8 Å². The average molecular weight is 319 g/mol. The fourth-order valence-corrected chi connectivity index (χ4v) is 3.76. The molecule has 0 bridgehead atoms. The topological polar surface area (TPSA) is 64.4 Å². The van der Waals surface area contributed by atoms with Gasteiger partial charge >= 0.3 is 5.97 Å². The van der Waals surface area contributed by atoms with Gasteiger partial charge in [-0.3, -0.25) is 9.59 Å². The molecule has 0 aromatic carbocycles. The fraction of sp³-hybridized carbons (Fsp3) is 0.706. The van der Waals surface area contributed by atoms with Crippen molar-refractivity contribution in [2.75, 3.05) is 13.2 Å². The molecule has 0 spiro atoms. The molecule has 126 valence electrons. The van der Waals surface area contributed by atoms with E-state index in [0.29, 0.717) is 19.7 Å². The molecule has 0 N–H and O–H groups in total. The van der Waals surface area contributed by atoms with E-state index < -0.39 is 5.92 Å². The molecular formula is C17H25N3O3. The number of ether oxygens (including phenoxy) is 1. The summed E-state index contributed by atoms with van der Waals surface area (Å²) < 4.78 is 7.28. The number of amides is 1. The Hall–Kier alpha value is -1.85. The van der Waals surface area contributed by atoms with Gasteiger partial charge in [0.25, 0.3) is 0 Å². The molecule has 1 aliphatic carbocycles. The summed E-state index contributed by atoms with van der Waals surface area (Å²) >= 11 is 0. The molecule has 1 saturated carbocycles. The van der Waals surface area contributed by atoms with Crippen LogP contribution in [0.3, 0.4) is 0 Å². The van der Waals surface area contributed by atoms with E-state index in [9.17, 15) is 9.59 Å². The Morgan fingerprint density at radius 1 is 1.30 bits per heavy atom. The minimum absolute atomic E-state index is 0.0669. The highest BCUT2D eigenvalue weighted by Gasteiger charge is 2.39. The summed E-state index contributed by atoms with van der Waals surface area (Å²) in [6, 6.07) is 0. The first kappa shape index (κ1) is 16.0. The number of nitrogens with zero attached hydrogens (tertiary/aromatic N) is 3. The highest BCUT2D eigenvalue weighted by atomic mass is 16.5. The number of rotatable bonds is 4. The maximum atomic E-state index is 13.0. The maximum Gasteiger partial charge on any atom is 0.318 e. The number of hydrogen-bond donors (Lipinski definition) is 0. The summed E-state index contributed by atoms with van der Waals surface area (Å²) in [6.45, 7) is 4.01. The Morgan fingerprint density at radius 2 is 2.09 bits per heavy atom. The van der Waals surface area contributed by atoms with Crippen LogP contribution in [0.2, 0.25) is 0 Å². The van der Waals surface area contributed by atoms with Gasteiger partial charge in [0, 0.05) is 19.3 Å². The number of imidazole rings is 1. The predicted molar refractivity (Wildman–Crippen MR) is 84.3 cm³/mol. The Labute approximate surface area is 136 Å². The van der Waals surface area contributed by atoms with Crippen LogP contribution >= 0.6 is 0 Å². The number of carbonyl (C=O) groups is 2.